The van der Waals surface area contributed by atoms with Crippen LogP contribution in [0.2, 0.25) is 0 Å². The Balaban J connectivity index is 2.33. The van der Waals surface area contributed by atoms with Gasteiger partial charge in [0, 0.05) is 5.69 Å². The number of hydrogen-bond acceptors (Lipinski definition) is 3. The molecule has 1 heterocycles. The largest absolute Gasteiger partial charge is 0.356 e. The standard InChI is InChI=1S/C9H8N2O2/c12-11(13)8-5-7-3-1-2-4-9(7)10-6-8/h1-4,6,10H,5H2. The van der Waals surface area contributed by atoms with Crippen molar-refractivity contribution in [2.24, 2.45) is 0 Å². The molecule has 0 aromatic heterocycles. The van der Waals surface area contributed by atoms with Crippen LogP contribution in [0.5, 0.6) is 0 Å². The summed E-state index contributed by atoms with van der Waals surface area (Å²) in [6, 6.07) is 7.57. The van der Waals surface area contributed by atoms with E-state index in [0.29, 0.717) is 6.42 Å². The number of hydrogen-bond donors (Lipinski definition) is 1. The first-order valence-electron chi connectivity index (χ1n) is 3.95. The third-order valence-electron chi connectivity index (χ3n) is 2.02. The van der Waals surface area contributed by atoms with Gasteiger partial charge < -0.3 is 5.32 Å². The Morgan fingerprint density at radius 2 is 2.15 bits per heavy atom. The highest BCUT2D eigenvalue weighted by molar-refractivity contribution is 5.56. The maximum absolute atomic E-state index is 10.5. The summed E-state index contributed by atoms with van der Waals surface area (Å²) in [5.41, 5.74) is 2.13. The van der Waals surface area contributed by atoms with Gasteiger partial charge in [-0.2, -0.15) is 0 Å². The van der Waals surface area contributed by atoms with Crippen LogP contribution >= 0.6 is 0 Å². The normalized spacial score (nSPS) is 14.0. The van der Waals surface area contributed by atoms with Gasteiger partial charge in [-0.3, -0.25) is 10.1 Å². The van der Waals surface area contributed by atoms with Crippen molar-refractivity contribution in [2.75, 3.05) is 5.32 Å². The third-order valence-corrected chi connectivity index (χ3v) is 2.02. The second kappa shape index (κ2) is 2.90. The van der Waals surface area contributed by atoms with Crippen LogP contribution in [0.15, 0.2) is 36.2 Å². The minimum atomic E-state index is -0.358. The lowest BCUT2D eigenvalue weighted by Gasteiger charge is -2.12. The molecule has 2 rings (SSSR count). The van der Waals surface area contributed by atoms with Gasteiger partial charge in [0.1, 0.15) is 0 Å². The Labute approximate surface area is 75.0 Å². The molecule has 1 aliphatic heterocycles. The van der Waals surface area contributed by atoms with Gasteiger partial charge in [0.25, 0.3) is 5.70 Å². The van der Waals surface area contributed by atoms with Gasteiger partial charge in [0.05, 0.1) is 17.5 Å². The quantitative estimate of drug-likeness (QED) is 0.524. The topological polar surface area (TPSA) is 55.2 Å². The van der Waals surface area contributed by atoms with Crippen LogP contribution in [0.25, 0.3) is 0 Å². The molecule has 0 radical (unpaired) electrons. The maximum Gasteiger partial charge on any atom is 0.266 e. The summed E-state index contributed by atoms with van der Waals surface area (Å²) in [4.78, 5) is 10.1. The number of nitrogens with one attached hydrogen (secondary N) is 1. The summed E-state index contributed by atoms with van der Waals surface area (Å²) in [6.45, 7) is 0. The molecule has 1 aromatic rings. The van der Waals surface area contributed by atoms with E-state index in [-0.39, 0.29) is 10.6 Å². The monoisotopic (exact) mass is 176 g/mol. The highest BCUT2D eigenvalue weighted by atomic mass is 16.6. The van der Waals surface area contributed by atoms with Gasteiger partial charge in [-0.05, 0) is 11.6 Å². The highest BCUT2D eigenvalue weighted by Crippen LogP contribution is 2.23. The van der Waals surface area contributed by atoms with E-state index in [0.717, 1.165) is 11.3 Å². The Morgan fingerprint density at radius 1 is 1.38 bits per heavy atom. The van der Waals surface area contributed by atoms with Gasteiger partial charge in [0.2, 0.25) is 0 Å². The molecule has 4 heteroatoms. The second-order valence-corrected chi connectivity index (χ2v) is 2.87. The first kappa shape index (κ1) is 7.79. The number of para-hydroxylation sites is 1. The molecule has 0 saturated carbocycles. The fourth-order valence-electron chi connectivity index (χ4n) is 1.34. The van der Waals surface area contributed by atoms with E-state index in [1.807, 2.05) is 24.3 Å². The highest BCUT2D eigenvalue weighted by Gasteiger charge is 2.17. The van der Waals surface area contributed by atoms with Crippen molar-refractivity contribution in [1.82, 2.24) is 0 Å². The van der Waals surface area contributed by atoms with Crippen molar-refractivity contribution in [3.05, 3.63) is 51.8 Å². The number of benzene rings is 1. The van der Waals surface area contributed by atoms with E-state index in [4.69, 9.17) is 0 Å². The van der Waals surface area contributed by atoms with Gasteiger partial charge in [-0.25, -0.2) is 0 Å². The molecule has 66 valence electrons. The van der Waals surface area contributed by atoms with Crippen molar-refractivity contribution >= 4 is 5.69 Å². The molecule has 13 heavy (non-hydrogen) atoms. The zero-order valence-corrected chi connectivity index (χ0v) is 6.86. The second-order valence-electron chi connectivity index (χ2n) is 2.87. The van der Waals surface area contributed by atoms with Crippen LogP contribution in [0.4, 0.5) is 5.69 Å². The molecule has 1 aromatic carbocycles. The molecule has 0 aliphatic carbocycles. The fourth-order valence-corrected chi connectivity index (χ4v) is 1.34. The molecule has 1 aliphatic rings. The molecular weight excluding hydrogens is 168 g/mol. The zero-order chi connectivity index (χ0) is 9.26. The predicted molar refractivity (Wildman–Crippen MR) is 48.8 cm³/mol. The van der Waals surface area contributed by atoms with Crippen LogP contribution in [-0.4, -0.2) is 4.92 Å². The van der Waals surface area contributed by atoms with E-state index in [2.05, 4.69) is 5.32 Å². The van der Waals surface area contributed by atoms with Crippen molar-refractivity contribution < 1.29 is 4.92 Å². The van der Waals surface area contributed by atoms with Gasteiger partial charge in [0.15, 0.2) is 0 Å². The number of nitrogens with zero attached hydrogens (tertiary/aromatic N) is 1. The Hall–Kier alpha value is -1.84. The minimum absolute atomic E-state index is 0.207. The van der Waals surface area contributed by atoms with E-state index < -0.39 is 0 Å². The summed E-state index contributed by atoms with van der Waals surface area (Å²) in [7, 11) is 0. The van der Waals surface area contributed by atoms with Crippen molar-refractivity contribution in [3.63, 3.8) is 0 Å². The molecule has 1 N–H and O–H groups in total. The minimum Gasteiger partial charge on any atom is -0.356 e. The third kappa shape index (κ3) is 1.38. The van der Waals surface area contributed by atoms with Crippen LogP contribution in [0.1, 0.15) is 5.56 Å². The Kier molecular flexibility index (Phi) is 1.73. The average Bonchev–Trinajstić information content (AvgIpc) is 2.17. The zero-order valence-electron chi connectivity index (χ0n) is 6.86. The van der Waals surface area contributed by atoms with Gasteiger partial charge in [-0.15, -0.1) is 0 Å². The first-order valence-corrected chi connectivity index (χ1v) is 3.95. The lowest BCUT2D eigenvalue weighted by Crippen LogP contribution is -2.11. The van der Waals surface area contributed by atoms with Crippen molar-refractivity contribution in [1.29, 1.82) is 0 Å². The van der Waals surface area contributed by atoms with Crippen LogP contribution < -0.4 is 5.32 Å². The Bertz CT molecular complexity index is 385. The SMILES string of the molecule is O=[N+]([O-])C1=CNc2ccccc2C1. The summed E-state index contributed by atoms with van der Waals surface area (Å²) < 4.78 is 0. The maximum atomic E-state index is 10.5. The molecule has 0 atom stereocenters. The smallest absolute Gasteiger partial charge is 0.266 e. The van der Waals surface area contributed by atoms with Crippen LogP contribution in [0.3, 0.4) is 0 Å². The molecule has 4 nitrogen and oxygen atoms in total. The van der Waals surface area contributed by atoms with E-state index >= 15 is 0 Å². The lowest BCUT2D eigenvalue weighted by atomic mass is 10.1. The average molecular weight is 176 g/mol. The summed E-state index contributed by atoms with van der Waals surface area (Å²) >= 11 is 0. The molecule has 0 amide bonds. The molecule has 0 saturated heterocycles. The van der Waals surface area contributed by atoms with Crippen molar-refractivity contribution in [2.45, 2.75) is 6.42 Å². The summed E-state index contributed by atoms with van der Waals surface area (Å²) in [6.07, 6.45) is 1.85. The van der Waals surface area contributed by atoms with Gasteiger partial charge >= 0.3 is 0 Å². The van der Waals surface area contributed by atoms with E-state index in [1.165, 1.54) is 6.20 Å². The number of allylic oxidation sites excluding steroid dienone is 1. The van der Waals surface area contributed by atoms with Crippen LogP contribution in [-0.2, 0) is 6.42 Å². The molecule has 0 unspecified atom stereocenters. The number of anilines is 1. The first-order chi connectivity index (χ1) is 6.27. The molecular formula is C9H8N2O2. The lowest BCUT2D eigenvalue weighted by molar-refractivity contribution is -0.427. The summed E-state index contributed by atoms with van der Waals surface area (Å²) in [5, 5.41) is 13.4. The predicted octanol–water partition coefficient (Wildman–Crippen LogP) is 1.77. The fraction of sp³-hybridized carbons (Fsp3) is 0.111. The van der Waals surface area contributed by atoms with E-state index in [9.17, 15) is 10.1 Å². The number of fused-ring (bicyclic) bond motifs is 1. The number of rotatable bonds is 1. The van der Waals surface area contributed by atoms with Crippen molar-refractivity contribution in [3.8, 4) is 0 Å². The molecule has 0 fully saturated rings. The van der Waals surface area contributed by atoms with E-state index in [1.54, 1.807) is 0 Å². The van der Waals surface area contributed by atoms with Gasteiger partial charge in [-0.1, -0.05) is 18.2 Å². The Morgan fingerprint density at radius 3 is 2.92 bits per heavy atom. The van der Waals surface area contributed by atoms with Crippen LogP contribution in [0, 0.1) is 10.1 Å². The molecule has 0 spiro atoms. The molecule has 0 bridgehead atoms. The number of nitro groups is 1. The summed E-state index contributed by atoms with van der Waals surface area (Å²) in [5.74, 6) is 0.